The van der Waals surface area contributed by atoms with Gasteiger partial charge < -0.3 is 19.7 Å². The Hall–Kier alpha value is -1.81. The molecule has 0 spiro atoms. The molecule has 6 nitrogen and oxygen atoms in total. The summed E-state index contributed by atoms with van der Waals surface area (Å²) in [5.41, 5.74) is 0.386. The van der Waals surface area contributed by atoms with Crippen LogP contribution < -0.4 is 14.8 Å². The highest BCUT2D eigenvalue weighted by Gasteiger charge is 2.42. The lowest BCUT2D eigenvalue weighted by Crippen LogP contribution is -2.41. The van der Waals surface area contributed by atoms with Crippen molar-refractivity contribution in [3.05, 3.63) is 17.4 Å². The van der Waals surface area contributed by atoms with Crippen molar-refractivity contribution in [3.8, 4) is 11.8 Å². The number of hydrogen-bond donors (Lipinski definition) is 1. The molecule has 1 aliphatic heterocycles. The Morgan fingerprint density at radius 1 is 1.23 bits per heavy atom. The van der Waals surface area contributed by atoms with Gasteiger partial charge in [0.25, 0.3) is 5.88 Å². The van der Waals surface area contributed by atoms with Crippen LogP contribution in [0.1, 0.15) is 44.1 Å². The molecule has 176 valence electrons. The Balaban J connectivity index is 0.00000341. The second-order valence-corrected chi connectivity index (χ2v) is 7.92. The second kappa shape index (κ2) is 10.7. The number of nitrogens with zero attached hydrogens (tertiary/aromatic N) is 2. The Morgan fingerprint density at radius 2 is 1.90 bits per heavy atom. The van der Waals surface area contributed by atoms with Gasteiger partial charge in [0.2, 0.25) is 11.8 Å². The third-order valence-electron chi connectivity index (χ3n) is 5.73. The molecule has 1 saturated heterocycles. The van der Waals surface area contributed by atoms with Crippen LogP contribution in [0.15, 0.2) is 6.07 Å². The molecule has 0 radical (unpaired) electrons. The molecule has 3 rings (SSSR count). The van der Waals surface area contributed by atoms with E-state index >= 15 is 0 Å². The van der Waals surface area contributed by atoms with Gasteiger partial charge in [-0.15, -0.1) is 12.4 Å². The maximum atomic E-state index is 14.6. The first kappa shape index (κ1) is 25.5. The van der Waals surface area contributed by atoms with Gasteiger partial charge in [-0.1, -0.05) is 0 Å². The molecule has 1 aromatic heterocycles. The largest absolute Gasteiger partial charge is 0.481 e. The summed E-state index contributed by atoms with van der Waals surface area (Å²) >= 11 is 0. The topological polar surface area (TPSA) is 63.7 Å². The van der Waals surface area contributed by atoms with Gasteiger partial charge in [-0.25, -0.2) is 4.39 Å². The molecule has 1 aliphatic carbocycles. The fraction of sp³-hybridized carbons (Fsp3) is 0.700. The van der Waals surface area contributed by atoms with Crippen LogP contribution >= 0.6 is 12.4 Å². The minimum absolute atomic E-state index is 0. The van der Waals surface area contributed by atoms with Crippen molar-refractivity contribution >= 4 is 18.3 Å². The highest BCUT2D eigenvalue weighted by atomic mass is 35.5. The minimum atomic E-state index is -4.21. The third-order valence-corrected chi connectivity index (χ3v) is 5.73. The van der Waals surface area contributed by atoms with Crippen molar-refractivity contribution in [2.75, 3.05) is 20.7 Å². The molecule has 1 amide bonds. The molecule has 1 saturated carbocycles. The van der Waals surface area contributed by atoms with Crippen molar-refractivity contribution in [1.29, 1.82) is 0 Å². The van der Waals surface area contributed by atoms with E-state index in [4.69, 9.17) is 9.47 Å². The maximum Gasteiger partial charge on any atom is 0.391 e. The second-order valence-electron chi connectivity index (χ2n) is 7.92. The highest BCUT2D eigenvalue weighted by molar-refractivity contribution is 5.85. The summed E-state index contributed by atoms with van der Waals surface area (Å²) in [6, 6.07) is 0.960. The van der Waals surface area contributed by atoms with E-state index in [1.807, 2.05) is 0 Å². The molecule has 2 aliphatic rings. The van der Waals surface area contributed by atoms with Crippen molar-refractivity contribution in [2.24, 2.45) is 5.92 Å². The first-order valence-electron chi connectivity index (χ1n) is 10.1. The molecule has 0 bridgehead atoms. The maximum absolute atomic E-state index is 14.6. The van der Waals surface area contributed by atoms with Gasteiger partial charge in [-0.2, -0.15) is 18.2 Å². The predicted octanol–water partition coefficient (Wildman–Crippen LogP) is 3.86. The molecule has 31 heavy (non-hydrogen) atoms. The van der Waals surface area contributed by atoms with Crippen molar-refractivity contribution in [3.63, 3.8) is 0 Å². The van der Waals surface area contributed by atoms with Gasteiger partial charge in [-0.05, 0) is 51.1 Å². The standard InChI is InChI=1S/C20H27F4N3O3.ClH/c1-27(19(28)16-4-3-9-25-16)11-12-10-15(21)18(26-17(12)29-2)30-14-7-5-13(6-8-14)20(22,23)24;/h10,13-14,16,25H,3-9,11H2,1-2H3;1H/t13-,14+,16-;/m0./s1. The number of methoxy groups -OCH3 is 1. The summed E-state index contributed by atoms with van der Waals surface area (Å²) in [5, 5.41) is 3.13. The smallest absolute Gasteiger partial charge is 0.391 e. The molecule has 11 heteroatoms. The lowest BCUT2D eigenvalue weighted by molar-refractivity contribution is -0.185. The number of hydrogen-bond acceptors (Lipinski definition) is 5. The number of rotatable bonds is 6. The Bertz CT molecular complexity index is 752. The Labute approximate surface area is 185 Å². The number of likely N-dealkylation sites (N-methyl/N-ethyl adjacent to an activating group) is 1. The van der Waals surface area contributed by atoms with E-state index in [-0.39, 0.29) is 68.3 Å². The summed E-state index contributed by atoms with van der Waals surface area (Å²) in [4.78, 5) is 18.0. The molecule has 1 atom stereocenters. The normalized spacial score (nSPS) is 23.7. The number of ether oxygens (including phenoxy) is 2. The van der Waals surface area contributed by atoms with E-state index in [9.17, 15) is 22.4 Å². The number of halogens is 5. The molecule has 1 N–H and O–H groups in total. The summed E-state index contributed by atoms with van der Waals surface area (Å²) in [7, 11) is 3.01. The van der Waals surface area contributed by atoms with Crippen molar-refractivity contribution in [2.45, 2.75) is 63.4 Å². The van der Waals surface area contributed by atoms with E-state index in [2.05, 4.69) is 10.3 Å². The lowest BCUT2D eigenvalue weighted by atomic mass is 9.87. The fourth-order valence-corrected chi connectivity index (χ4v) is 4.03. The molecule has 2 fully saturated rings. The van der Waals surface area contributed by atoms with Gasteiger partial charge in [0.05, 0.1) is 25.6 Å². The summed E-state index contributed by atoms with van der Waals surface area (Å²) < 4.78 is 63.8. The van der Waals surface area contributed by atoms with Crippen molar-refractivity contribution < 1.29 is 31.8 Å². The summed E-state index contributed by atoms with van der Waals surface area (Å²) in [6.07, 6.45) is -2.78. The van der Waals surface area contributed by atoms with Crippen LogP contribution in [0.3, 0.4) is 0 Å². The Morgan fingerprint density at radius 3 is 2.45 bits per heavy atom. The monoisotopic (exact) mass is 469 g/mol. The molecular weight excluding hydrogens is 442 g/mol. The predicted molar refractivity (Wildman–Crippen MR) is 108 cm³/mol. The zero-order chi connectivity index (χ0) is 21.9. The van der Waals surface area contributed by atoms with Crippen LogP contribution in [0.25, 0.3) is 0 Å². The zero-order valence-corrected chi connectivity index (χ0v) is 18.3. The SMILES string of the molecule is COc1nc(O[C@H]2CC[C@@H](C(F)(F)F)CC2)c(F)cc1CN(C)C(=O)[C@@H]1CCCN1.Cl. The van der Waals surface area contributed by atoms with Gasteiger partial charge in [0, 0.05) is 12.6 Å². The third kappa shape index (κ3) is 6.35. The van der Waals surface area contributed by atoms with E-state index in [1.165, 1.54) is 18.1 Å². The number of nitrogens with one attached hydrogen (secondary N) is 1. The molecule has 2 heterocycles. The summed E-state index contributed by atoms with van der Waals surface area (Å²) in [5.74, 6) is -2.33. The number of carbonyl (C=O) groups is 1. The highest BCUT2D eigenvalue weighted by Crippen LogP contribution is 2.38. The molecule has 0 unspecified atom stereocenters. The van der Waals surface area contributed by atoms with E-state index < -0.39 is 24.0 Å². The first-order valence-corrected chi connectivity index (χ1v) is 10.1. The van der Waals surface area contributed by atoms with Crippen LogP contribution in [0, 0.1) is 11.7 Å². The zero-order valence-electron chi connectivity index (χ0n) is 17.5. The van der Waals surface area contributed by atoms with Gasteiger partial charge in [0.15, 0.2) is 5.82 Å². The number of amides is 1. The summed E-state index contributed by atoms with van der Waals surface area (Å²) in [6.45, 7) is 0.905. The minimum Gasteiger partial charge on any atom is -0.481 e. The van der Waals surface area contributed by atoms with E-state index in [0.29, 0.717) is 5.56 Å². The average Bonchev–Trinajstić information content (AvgIpc) is 3.23. The molecular formula is C20H28ClF4N3O3. The number of pyridine rings is 1. The number of carbonyl (C=O) groups excluding carboxylic acids is 1. The van der Waals surface area contributed by atoms with E-state index in [0.717, 1.165) is 19.4 Å². The number of aromatic nitrogens is 1. The molecule has 0 aromatic carbocycles. The van der Waals surface area contributed by atoms with Crippen LogP contribution in [-0.2, 0) is 11.3 Å². The Kier molecular flexibility index (Phi) is 8.76. The van der Waals surface area contributed by atoms with Gasteiger partial charge in [-0.3, -0.25) is 4.79 Å². The van der Waals surface area contributed by atoms with Gasteiger partial charge >= 0.3 is 6.18 Å². The van der Waals surface area contributed by atoms with Crippen LogP contribution in [0.4, 0.5) is 17.6 Å². The van der Waals surface area contributed by atoms with Crippen LogP contribution in [-0.4, -0.2) is 54.8 Å². The van der Waals surface area contributed by atoms with E-state index in [1.54, 1.807) is 7.05 Å². The average molecular weight is 470 g/mol. The first-order chi connectivity index (χ1) is 14.2. The fourth-order valence-electron chi connectivity index (χ4n) is 4.03. The quantitative estimate of drug-likeness (QED) is 0.641. The lowest BCUT2D eigenvalue weighted by Gasteiger charge is -2.30. The van der Waals surface area contributed by atoms with Gasteiger partial charge in [0.1, 0.15) is 6.10 Å². The van der Waals surface area contributed by atoms with Crippen molar-refractivity contribution in [1.82, 2.24) is 15.2 Å². The van der Waals surface area contributed by atoms with Crippen LogP contribution in [0.2, 0.25) is 0 Å². The molecule has 1 aromatic rings. The van der Waals surface area contributed by atoms with Crippen LogP contribution in [0.5, 0.6) is 11.8 Å². The number of alkyl halides is 3.